The Bertz CT molecular complexity index is 824. The second kappa shape index (κ2) is 5.46. The molecule has 4 nitrogen and oxygen atoms in total. The molecule has 2 aromatic rings. The number of amides is 2. The number of para-hydroxylation sites is 1. The predicted molar refractivity (Wildman–Crippen MR) is 84.3 cm³/mol. The number of aromatic nitrogens is 1. The summed E-state index contributed by atoms with van der Waals surface area (Å²) in [5, 5.41) is 1.84. The van der Waals surface area contributed by atoms with Crippen LogP contribution in [0.1, 0.15) is 17.0 Å². The molecule has 3 rings (SSSR count). The largest absolute Gasteiger partial charge is 0.315 e. The molecule has 112 valence electrons. The number of imide groups is 1. The molecule has 6 heteroatoms. The molecular weight excluding hydrogens is 303 g/mol. The predicted octanol–water partition coefficient (Wildman–Crippen LogP) is 3.56. The number of rotatable bonds is 2. The summed E-state index contributed by atoms with van der Waals surface area (Å²) in [5.41, 5.74) is 2.90. The van der Waals surface area contributed by atoms with Gasteiger partial charge in [-0.3, -0.25) is 14.9 Å². The highest BCUT2D eigenvalue weighted by Crippen LogP contribution is 2.29. The Labute approximate surface area is 131 Å². The first-order valence-electron chi connectivity index (χ1n) is 6.66. The van der Waals surface area contributed by atoms with Gasteiger partial charge in [0.2, 0.25) is 0 Å². The Morgan fingerprint density at radius 1 is 1.23 bits per heavy atom. The maximum Gasteiger partial charge on any atom is 0.290 e. The number of carbonyl (C=O) groups is 2. The number of carbonyl (C=O) groups excluding carboxylic acids is 2. The van der Waals surface area contributed by atoms with Crippen molar-refractivity contribution in [3.8, 4) is 5.69 Å². The maximum absolute atomic E-state index is 14.0. The van der Waals surface area contributed by atoms with Crippen molar-refractivity contribution in [3.63, 3.8) is 0 Å². The second-order valence-corrected chi connectivity index (χ2v) is 5.98. The molecule has 1 fully saturated rings. The number of thioether (sulfide) groups is 1. The standard InChI is InChI=1S/C16H13FN2O2S/c1-9-7-11(8-14-15(20)18-16(21)22-14)10(2)19(9)13-6-4-3-5-12(13)17/h3-8H,1-2H3,(H,18,20,21)/b14-8-. The topological polar surface area (TPSA) is 51.1 Å². The van der Waals surface area contributed by atoms with E-state index in [9.17, 15) is 14.0 Å². The van der Waals surface area contributed by atoms with E-state index < -0.39 is 5.91 Å². The summed E-state index contributed by atoms with van der Waals surface area (Å²) in [5.74, 6) is -0.711. The lowest BCUT2D eigenvalue weighted by molar-refractivity contribution is -0.115. The number of nitrogens with one attached hydrogen (secondary N) is 1. The van der Waals surface area contributed by atoms with E-state index in [1.54, 1.807) is 28.8 Å². The van der Waals surface area contributed by atoms with Crippen molar-refractivity contribution in [1.82, 2.24) is 9.88 Å². The molecule has 1 saturated heterocycles. The molecule has 22 heavy (non-hydrogen) atoms. The Morgan fingerprint density at radius 3 is 2.59 bits per heavy atom. The molecule has 0 spiro atoms. The second-order valence-electron chi connectivity index (χ2n) is 4.97. The van der Waals surface area contributed by atoms with Gasteiger partial charge in [0.05, 0.1) is 10.6 Å². The Morgan fingerprint density at radius 2 is 1.95 bits per heavy atom. The van der Waals surface area contributed by atoms with E-state index in [0.29, 0.717) is 10.6 Å². The number of hydrogen-bond acceptors (Lipinski definition) is 3. The Kier molecular flexibility index (Phi) is 3.62. The van der Waals surface area contributed by atoms with Crippen molar-refractivity contribution in [2.24, 2.45) is 0 Å². The van der Waals surface area contributed by atoms with Crippen LogP contribution in [0.5, 0.6) is 0 Å². The van der Waals surface area contributed by atoms with E-state index in [2.05, 4.69) is 5.32 Å². The molecule has 1 N–H and O–H groups in total. The van der Waals surface area contributed by atoms with Gasteiger partial charge in [0.1, 0.15) is 5.82 Å². The molecule has 2 heterocycles. The first-order chi connectivity index (χ1) is 10.5. The Balaban J connectivity index is 2.09. The minimum Gasteiger partial charge on any atom is -0.315 e. The first kappa shape index (κ1) is 14.6. The molecule has 0 radical (unpaired) electrons. The van der Waals surface area contributed by atoms with Crippen LogP contribution in [0, 0.1) is 19.7 Å². The average Bonchev–Trinajstić information content (AvgIpc) is 2.91. The van der Waals surface area contributed by atoms with Crippen LogP contribution in [0.2, 0.25) is 0 Å². The van der Waals surface area contributed by atoms with Crippen LogP contribution in [0.25, 0.3) is 11.8 Å². The van der Waals surface area contributed by atoms with Crippen molar-refractivity contribution in [1.29, 1.82) is 0 Å². The minimum atomic E-state index is -0.398. The third kappa shape index (κ3) is 2.46. The van der Waals surface area contributed by atoms with Gasteiger partial charge in [0.15, 0.2) is 0 Å². The smallest absolute Gasteiger partial charge is 0.290 e. The summed E-state index contributed by atoms with van der Waals surface area (Å²) in [6.45, 7) is 3.72. The van der Waals surface area contributed by atoms with Crippen LogP contribution in [0.15, 0.2) is 35.2 Å². The SMILES string of the molecule is Cc1cc(/C=C2\SC(=O)NC2=O)c(C)n1-c1ccccc1F. The highest BCUT2D eigenvalue weighted by Gasteiger charge is 2.25. The van der Waals surface area contributed by atoms with Crippen LogP contribution in [0.4, 0.5) is 9.18 Å². The van der Waals surface area contributed by atoms with Crippen LogP contribution in [-0.4, -0.2) is 15.7 Å². The first-order valence-corrected chi connectivity index (χ1v) is 7.47. The van der Waals surface area contributed by atoms with E-state index in [4.69, 9.17) is 0 Å². The molecule has 0 unspecified atom stereocenters. The number of nitrogens with zero attached hydrogens (tertiary/aromatic N) is 1. The lowest BCUT2D eigenvalue weighted by atomic mass is 10.2. The van der Waals surface area contributed by atoms with Crippen molar-refractivity contribution < 1.29 is 14.0 Å². The molecule has 0 bridgehead atoms. The van der Waals surface area contributed by atoms with E-state index in [1.165, 1.54) is 6.07 Å². The lowest BCUT2D eigenvalue weighted by Gasteiger charge is -2.10. The quantitative estimate of drug-likeness (QED) is 0.862. The third-order valence-corrected chi connectivity index (χ3v) is 4.30. The van der Waals surface area contributed by atoms with Gasteiger partial charge >= 0.3 is 0 Å². The van der Waals surface area contributed by atoms with Gasteiger partial charge in [-0.25, -0.2) is 4.39 Å². The fraction of sp³-hybridized carbons (Fsp3) is 0.125. The van der Waals surface area contributed by atoms with Crippen LogP contribution in [-0.2, 0) is 4.79 Å². The fourth-order valence-electron chi connectivity index (χ4n) is 2.50. The average molecular weight is 316 g/mol. The van der Waals surface area contributed by atoms with Crippen molar-refractivity contribution in [2.75, 3.05) is 0 Å². The van der Waals surface area contributed by atoms with Gasteiger partial charge < -0.3 is 4.57 Å². The van der Waals surface area contributed by atoms with Crippen LogP contribution >= 0.6 is 11.8 Å². The van der Waals surface area contributed by atoms with Gasteiger partial charge in [-0.05, 0) is 55.4 Å². The summed E-state index contributed by atoms with van der Waals surface area (Å²) >= 11 is 0.869. The fourth-order valence-corrected chi connectivity index (χ4v) is 3.17. The Hall–Kier alpha value is -2.34. The van der Waals surface area contributed by atoms with Crippen molar-refractivity contribution >= 4 is 29.0 Å². The highest BCUT2D eigenvalue weighted by molar-refractivity contribution is 8.18. The molecular formula is C16H13FN2O2S. The molecule has 1 aromatic carbocycles. The molecule has 0 aliphatic carbocycles. The summed E-state index contributed by atoms with van der Waals surface area (Å²) in [7, 11) is 0. The molecule has 1 aromatic heterocycles. The maximum atomic E-state index is 14.0. The van der Waals surface area contributed by atoms with Gasteiger partial charge in [-0.15, -0.1) is 0 Å². The molecule has 1 aliphatic rings. The van der Waals surface area contributed by atoms with Crippen molar-refractivity contribution in [2.45, 2.75) is 13.8 Å². The molecule has 0 atom stereocenters. The summed E-state index contributed by atoms with van der Waals surface area (Å²) < 4.78 is 15.8. The summed E-state index contributed by atoms with van der Waals surface area (Å²) in [6, 6.07) is 8.39. The minimum absolute atomic E-state index is 0.313. The van der Waals surface area contributed by atoms with E-state index in [-0.39, 0.29) is 11.1 Å². The van der Waals surface area contributed by atoms with Gasteiger partial charge in [-0.2, -0.15) is 0 Å². The third-order valence-electron chi connectivity index (χ3n) is 3.49. The van der Waals surface area contributed by atoms with Gasteiger partial charge in [-0.1, -0.05) is 12.1 Å². The van der Waals surface area contributed by atoms with Crippen LogP contribution in [0.3, 0.4) is 0 Å². The number of aryl methyl sites for hydroxylation is 1. The summed E-state index contributed by atoms with van der Waals surface area (Å²) in [4.78, 5) is 23.2. The van der Waals surface area contributed by atoms with Crippen molar-refractivity contribution in [3.05, 3.63) is 58.0 Å². The molecule has 0 saturated carbocycles. The van der Waals surface area contributed by atoms with E-state index in [0.717, 1.165) is 28.7 Å². The van der Waals surface area contributed by atoms with Crippen LogP contribution < -0.4 is 5.32 Å². The zero-order valence-electron chi connectivity index (χ0n) is 12.0. The van der Waals surface area contributed by atoms with E-state index >= 15 is 0 Å². The highest BCUT2D eigenvalue weighted by atomic mass is 32.2. The molecule has 1 aliphatic heterocycles. The zero-order chi connectivity index (χ0) is 15.9. The summed E-state index contributed by atoms with van der Waals surface area (Å²) in [6.07, 6.45) is 1.66. The number of hydrogen-bond donors (Lipinski definition) is 1. The normalized spacial score (nSPS) is 16.4. The van der Waals surface area contributed by atoms with E-state index in [1.807, 2.05) is 19.9 Å². The lowest BCUT2D eigenvalue weighted by Crippen LogP contribution is -2.17. The number of benzene rings is 1. The van der Waals surface area contributed by atoms with Gasteiger partial charge in [0, 0.05) is 11.4 Å². The monoisotopic (exact) mass is 316 g/mol. The molecule has 2 amide bonds. The van der Waals surface area contributed by atoms with Gasteiger partial charge in [0.25, 0.3) is 11.1 Å². The number of halogens is 1. The zero-order valence-corrected chi connectivity index (χ0v) is 12.8.